The third-order valence-corrected chi connectivity index (χ3v) is 9.10. The number of hydrogen-bond donors (Lipinski definition) is 2. The Hall–Kier alpha value is -4.58. The number of benzene rings is 4. The molecule has 1 fully saturated rings. The number of hydrogen-bond acceptors (Lipinski definition) is 2. The van der Waals surface area contributed by atoms with Crippen molar-refractivity contribution < 1.29 is 71.1 Å². The molecule has 53 heavy (non-hydrogen) atoms. The lowest BCUT2D eigenvalue weighted by atomic mass is 9.98. The molecule has 0 heterocycles. The van der Waals surface area contributed by atoms with Gasteiger partial charge in [0.05, 0.1) is 22.3 Å². The summed E-state index contributed by atoms with van der Waals surface area (Å²) in [6.45, 7) is 0. The molecule has 5 rings (SSSR count). The highest BCUT2D eigenvalue weighted by atomic mass is 35.5. The molecule has 2 N–H and O–H groups in total. The molecule has 20 heteroatoms. The molecular formula is C33H16Cl2F14N2O2. The van der Waals surface area contributed by atoms with Gasteiger partial charge in [-0.15, -0.1) is 0 Å². The van der Waals surface area contributed by atoms with Crippen molar-refractivity contribution >= 4 is 46.4 Å². The second-order valence-corrected chi connectivity index (χ2v) is 12.9. The van der Waals surface area contributed by atoms with Crippen LogP contribution in [0.3, 0.4) is 0 Å². The van der Waals surface area contributed by atoms with Gasteiger partial charge in [-0.2, -0.15) is 52.7 Å². The maximum Gasteiger partial charge on any atom is 0.416 e. The summed E-state index contributed by atoms with van der Waals surface area (Å²) >= 11 is 12.1. The summed E-state index contributed by atoms with van der Waals surface area (Å²) in [4.78, 5) is 25.4. The highest BCUT2D eigenvalue weighted by molar-refractivity contribution is 6.53. The van der Waals surface area contributed by atoms with E-state index in [1.165, 1.54) is 0 Å². The van der Waals surface area contributed by atoms with Gasteiger partial charge >= 0.3 is 24.7 Å². The van der Waals surface area contributed by atoms with Gasteiger partial charge in [-0.3, -0.25) is 9.59 Å². The third kappa shape index (κ3) is 7.22. The molecule has 1 aliphatic carbocycles. The fourth-order valence-electron chi connectivity index (χ4n) is 5.34. The second-order valence-electron chi connectivity index (χ2n) is 11.5. The molecule has 2 amide bonds. The second kappa shape index (κ2) is 12.8. The average molecular weight is 809 g/mol. The number of nitrogens with one attached hydrogen (secondary N) is 2. The molecule has 2 atom stereocenters. The molecule has 2 unspecified atom stereocenters. The number of carbonyl (C=O) groups is 2. The highest BCUT2D eigenvalue weighted by Crippen LogP contribution is 2.80. The van der Waals surface area contributed by atoms with Gasteiger partial charge in [-0.1, -0.05) is 47.5 Å². The summed E-state index contributed by atoms with van der Waals surface area (Å²) in [6.07, 6.45) is -20.8. The Kier molecular flexibility index (Phi) is 9.55. The lowest BCUT2D eigenvalue weighted by molar-refractivity contribution is -0.144. The van der Waals surface area contributed by atoms with Crippen LogP contribution in [0.1, 0.15) is 54.1 Å². The van der Waals surface area contributed by atoms with E-state index in [0.717, 1.165) is 48.5 Å². The van der Waals surface area contributed by atoms with Crippen LogP contribution in [0, 0.1) is 0 Å². The van der Waals surface area contributed by atoms with Crippen LogP contribution in [0.15, 0.2) is 84.9 Å². The first-order valence-electron chi connectivity index (χ1n) is 14.3. The summed E-state index contributed by atoms with van der Waals surface area (Å²) in [7, 11) is 0. The maximum absolute atomic E-state index is 16.3. The van der Waals surface area contributed by atoms with E-state index in [1.54, 1.807) is 0 Å². The molecule has 0 radical (unpaired) electrons. The zero-order valence-electron chi connectivity index (χ0n) is 25.4. The van der Waals surface area contributed by atoms with Crippen LogP contribution in [0.5, 0.6) is 0 Å². The van der Waals surface area contributed by atoms with Gasteiger partial charge in [0, 0.05) is 22.5 Å². The molecule has 0 aromatic heterocycles. The van der Waals surface area contributed by atoms with Crippen LogP contribution in [-0.4, -0.2) is 16.1 Å². The van der Waals surface area contributed by atoms with Crippen molar-refractivity contribution in [2.45, 2.75) is 40.4 Å². The van der Waals surface area contributed by atoms with Crippen LogP contribution in [0.25, 0.3) is 0 Å². The van der Waals surface area contributed by atoms with Crippen molar-refractivity contribution in [2.75, 3.05) is 10.6 Å². The quantitative estimate of drug-likeness (QED) is 0.151. The Morgan fingerprint density at radius 3 is 0.925 bits per heavy atom. The Bertz CT molecular complexity index is 1870. The Labute approximate surface area is 297 Å². The minimum absolute atomic E-state index is 0.159. The fraction of sp³-hybridized carbons (Fsp3) is 0.212. The monoisotopic (exact) mass is 808 g/mol. The smallest absolute Gasteiger partial charge is 0.322 e. The molecule has 4 aromatic carbocycles. The minimum Gasteiger partial charge on any atom is -0.322 e. The molecule has 0 aliphatic heterocycles. The Morgan fingerprint density at radius 2 is 0.698 bits per heavy atom. The molecule has 1 saturated carbocycles. The van der Waals surface area contributed by atoms with Gasteiger partial charge in [0.1, 0.15) is 0 Å². The number of rotatable bonds is 6. The highest BCUT2D eigenvalue weighted by Gasteiger charge is 2.92. The van der Waals surface area contributed by atoms with Crippen LogP contribution in [0.4, 0.5) is 72.8 Å². The number of halogens is 16. The average Bonchev–Trinajstić information content (AvgIpc) is 3.42. The molecule has 282 valence electrons. The van der Waals surface area contributed by atoms with Gasteiger partial charge < -0.3 is 10.6 Å². The summed E-state index contributed by atoms with van der Waals surface area (Å²) in [6, 6.07) is 7.32. The van der Waals surface area contributed by atoms with E-state index in [-0.39, 0.29) is 36.4 Å². The summed E-state index contributed by atoms with van der Waals surface area (Å²) in [5.74, 6) is -2.48. The molecule has 4 nitrogen and oxygen atoms in total. The van der Waals surface area contributed by atoms with Gasteiger partial charge in [0.15, 0.2) is 0 Å². The van der Waals surface area contributed by atoms with Gasteiger partial charge in [0.25, 0.3) is 11.8 Å². The number of amides is 2. The molecule has 0 saturated heterocycles. The summed E-state index contributed by atoms with van der Waals surface area (Å²) < 4.78 is 188. The van der Waals surface area contributed by atoms with Crippen molar-refractivity contribution in [3.05, 3.63) is 129 Å². The van der Waals surface area contributed by atoms with E-state index in [1.807, 2.05) is 10.6 Å². The van der Waals surface area contributed by atoms with Crippen LogP contribution < -0.4 is 10.6 Å². The molecular weight excluding hydrogens is 793 g/mol. The van der Waals surface area contributed by atoms with E-state index in [4.69, 9.17) is 23.2 Å². The van der Waals surface area contributed by atoms with E-state index in [2.05, 4.69) is 0 Å². The van der Waals surface area contributed by atoms with Crippen molar-refractivity contribution in [3.8, 4) is 0 Å². The Morgan fingerprint density at radius 1 is 0.453 bits per heavy atom. The summed E-state index contributed by atoms with van der Waals surface area (Å²) in [5, 5.41) is 3.74. The minimum atomic E-state index is -5.21. The topological polar surface area (TPSA) is 58.2 Å². The van der Waals surface area contributed by atoms with E-state index in [0.29, 0.717) is 0 Å². The van der Waals surface area contributed by atoms with E-state index in [9.17, 15) is 62.3 Å². The van der Waals surface area contributed by atoms with Gasteiger partial charge in [0.2, 0.25) is 15.7 Å². The predicted octanol–water partition coefficient (Wildman–Crippen LogP) is 11.5. The molecule has 0 bridgehead atoms. The first-order valence-corrected chi connectivity index (χ1v) is 15.0. The van der Waals surface area contributed by atoms with E-state index < -0.39 is 108 Å². The fourth-order valence-corrected chi connectivity index (χ4v) is 6.21. The molecule has 4 aromatic rings. The first-order chi connectivity index (χ1) is 24.1. The van der Waals surface area contributed by atoms with Gasteiger partial charge in [-0.25, -0.2) is 8.78 Å². The first kappa shape index (κ1) is 39.6. The largest absolute Gasteiger partial charge is 0.416 e. The zero-order valence-corrected chi connectivity index (χ0v) is 27.0. The van der Waals surface area contributed by atoms with Crippen molar-refractivity contribution in [1.82, 2.24) is 0 Å². The van der Waals surface area contributed by atoms with Gasteiger partial charge in [-0.05, 0) is 71.8 Å². The molecule has 0 spiro atoms. The summed E-state index contributed by atoms with van der Waals surface area (Å²) in [5.41, 5.74) is -17.2. The maximum atomic E-state index is 16.3. The molecule has 1 aliphatic rings. The predicted molar refractivity (Wildman–Crippen MR) is 162 cm³/mol. The third-order valence-electron chi connectivity index (χ3n) is 8.06. The number of carbonyl (C=O) groups excluding carboxylic acids is 2. The SMILES string of the molecule is O=C(Nc1cc(C(F)(F)F)cc(C(F)(F)F)c1)c1ccc(C2(F)C(Cl)(Cl)C2(F)c2ccc(C(=O)Nc3cc(C(F)(F)F)cc(C(F)(F)F)c3)cc2)cc1. The number of alkyl halides is 16. The van der Waals surface area contributed by atoms with Crippen molar-refractivity contribution in [2.24, 2.45) is 0 Å². The van der Waals surface area contributed by atoms with Crippen LogP contribution in [-0.2, 0) is 36.0 Å². The van der Waals surface area contributed by atoms with E-state index >= 15 is 8.78 Å². The van der Waals surface area contributed by atoms with Crippen molar-refractivity contribution in [3.63, 3.8) is 0 Å². The lowest BCUT2D eigenvalue weighted by Crippen LogP contribution is -2.17. The standard InChI is InChI=1S/C33H16Cl2F14N2O2/c34-33(35)27(36,17-5-1-15(2-6-17)25(52)50-23-11-19(29(38,39)40)9-20(12-23)30(41,42)43)28(33,37)18-7-3-16(4-8-18)26(53)51-24-13-21(31(44,45)46)10-22(14-24)32(47,48)49/h1-14H,(H,50,52)(H,51,53). The van der Waals surface area contributed by atoms with Crippen LogP contribution in [0.2, 0.25) is 0 Å². The van der Waals surface area contributed by atoms with Crippen molar-refractivity contribution in [1.29, 1.82) is 0 Å². The normalized spacial score (nSPS) is 20.2. The number of anilines is 2. The Balaban J connectivity index is 1.35. The lowest BCUT2D eigenvalue weighted by Gasteiger charge is -2.15. The zero-order chi connectivity index (χ0) is 39.7. The van der Waals surface area contributed by atoms with Crippen LogP contribution >= 0.6 is 23.2 Å².